The number of halogens is 2. The molecule has 0 spiro atoms. The van der Waals surface area contributed by atoms with Crippen molar-refractivity contribution in [2.45, 2.75) is 13.0 Å². The second-order valence-electron chi connectivity index (χ2n) is 5.33. The number of fused-ring (bicyclic) bond motifs is 1. The molecule has 3 aromatic rings. The zero-order valence-corrected chi connectivity index (χ0v) is 14.1. The van der Waals surface area contributed by atoms with Gasteiger partial charge in [-0.25, -0.2) is 23.6 Å². The van der Waals surface area contributed by atoms with Gasteiger partial charge in [0.15, 0.2) is 5.65 Å². The first-order valence-corrected chi connectivity index (χ1v) is 7.93. The number of pyridine rings is 1. The van der Waals surface area contributed by atoms with Crippen molar-refractivity contribution in [3.8, 4) is 0 Å². The number of cyclic esters (lactones) is 1. The molecule has 1 saturated heterocycles. The second-order valence-corrected chi connectivity index (χ2v) is 6.18. The molecule has 1 aliphatic rings. The molecule has 0 N–H and O–H groups in total. The van der Waals surface area contributed by atoms with Gasteiger partial charge < -0.3 is 4.74 Å². The van der Waals surface area contributed by atoms with E-state index in [0.29, 0.717) is 21.6 Å². The molecular formula is C15H11BrFN5O2. The molecule has 0 radical (unpaired) electrons. The third kappa shape index (κ3) is 2.32. The van der Waals surface area contributed by atoms with Crippen LogP contribution in [0.3, 0.4) is 0 Å². The number of nitrogens with zero attached hydrogens (tertiary/aromatic N) is 5. The molecule has 0 aliphatic carbocycles. The van der Waals surface area contributed by atoms with Gasteiger partial charge in [-0.1, -0.05) is 0 Å². The van der Waals surface area contributed by atoms with Crippen LogP contribution in [0.4, 0.5) is 15.0 Å². The molecule has 3 aromatic heterocycles. The van der Waals surface area contributed by atoms with Crippen molar-refractivity contribution in [1.29, 1.82) is 0 Å². The van der Waals surface area contributed by atoms with E-state index in [1.807, 2.05) is 0 Å². The van der Waals surface area contributed by atoms with Crippen molar-refractivity contribution < 1.29 is 13.9 Å². The first-order valence-electron chi connectivity index (χ1n) is 7.13. The second kappa shape index (κ2) is 5.52. The van der Waals surface area contributed by atoms with Gasteiger partial charge in [0.2, 0.25) is 0 Å². The van der Waals surface area contributed by atoms with E-state index in [1.165, 1.54) is 11.0 Å². The van der Waals surface area contributed by atoms with Crippen molar-refractivity contribution >= 4 is 33.5 Å². The van der Waals surface area contributed by atoms with Crippen LogP contribution in [-0.4, -0.2) is 32.3 Å². The molecule has 0 saturated carbocycles. The van der Waals surface area contributed by atoms with Crippen LogP contribution >= 0.6 is 15.9 Å². The minimum Gasteiger partial charge on any atom is -0.446 e. The molecule has 0 bridgehead atoms. The van der Waals surface area contributed by atoms with Crippen molar-refractivity contribution in [3.05, 3.63) is 52.3 Å². The molecule has 9 heteroatoms. The molecule has 4 rings (SSSR count). The minimum atomic E-state index is -0.672. The highest BCUT2D eigenvalue weighted by Crippen LogP contribution is 2.33. The van der Waals surface area contributed by atoms with Crippen LogP contribution < -0.4 is 4.90 Å². The standard InChI is InChI=1S/C15H11BrFN5O2/c1-8-2-3-10(17)13(19-8)11-7-24-15(23)22(11)12-4-5-21-14(20-12)9(16)6-18-21/h2-6,11H,7H2,1H3/t11-/m1/s1. The number of ether oxygens (including phenoxy) is 1. The van der Waals surface area contributed by atoms with Crippen LogP contribution in [0.2, 0.25) is 0 Å². The number of hydrogen-bond acceptors (Lipinski definition) is 5. The number of aryl methyl sites for hydroxylation is 1. The number of carbonyl (C=O) groups excluding carboxylic acids is 1. The van der Waals surface area contributed by atoms with Gasteiger partial charge in [-0.15, -0.1) is 0 Å². The Bertz CT molecular complexity index is 960. The average molecular weight is 392 g/mol. The highest BCUT2D eigenvalue weighted by Gasteiger charge is 2.39. The van der Waals surface area contributed by atoms with Crippen LogP contribution in [0.5, 0.6) is 0 Å². The Kier molecular flexibility index (Phi) is 3.45. The lowest BCUT2D eigenvalue weighted by Gasteiger charge is -2.20. The van der Waals surface area contributed by atoms with E-state index in [4.69, 9.17) is 4.74 Å². The van der Waals surface area contributed by atoms with E-state index in [2.05, 4.69) is 31.0 Å². The average Bonchev–Trinajstić information content (AvgIpc) is 3.13. The van der Waals surface area contributed by atoms with Gasteiger partial charge in [-0.05, 0) is 41.1 Å². The molecule has 1 aliphatic heterocycles. The number of amides is 1. The molecule has 7 nitrogen and oxygen atoms in total. The van der Waals surface area contributed by atoms with E-state index in [1.54, 1.807) is 36.0 Å². The molecule has 0 unspecified atom stereocenters. The van der Waals surface area contributed by atoms with Gasteiger partial charge in [0.1, 0.15) is 30.0 Å². The van der Waals surface area contributed by atoms with Crippen LogP contribution in [0.15, 0.2) is 35.1 Å². The lowest BCUT2D eigenvalue weighted by atomic mass is 10.1. The highest BCUT2D eigenvalue weighted by atomic mass is 79.9. The monoisotopic (exact) mass is 391 g/mol. The normalized spacial score (nSPS) is 17.5. The molecule has 24 heavy (non-hydrogen) atoms. The van der Waals surface area contributed by atoms with Crippen molar-refractivity contribution in [1.82, 2.24) is 19.6 Å². The van der Waals surface area contributed by atoms with E-state index in [0.717, 1.165) is 0 Å². The number of carbonyl (C=O) groups is 1. The van der Waals surface area contributed by atoms with E-state index < -0.39 is 18.0 Å². The lowest BCUT2D eigenvalue weighted by molar-refractivity contribution is 0.178. The zero-order chi connectivity index (χ0) is 16.8. The summed E-state index contributed by atoms with van der Waals surface area (Å²) in [5.41, 5.74) is 1.37. The van der Waals surface area contributed by atoms with Crippen molar-refractivity contribution in [2.75, 3.05) is 11.5 Å². The molecule has 4 heterocycles. The van der Waals surface area contributed by atoms with E-state index >= 15 is 0 Å². The number of rotatable bonds is 2. The summed E-state index contributed by atoms with van der Waals surface area (Å²) in [5, 5.41) is 4.11. The summed E-state index contributed by atoms with van der Waals surface area (Å²) < 4.78 is 21.6. The summed E-state index contributed by atoms with van der Waals surface area (Å²) in [4.78, 5) is 22.2. The first kappa shape index (κ1) is 15.0. The number of aromatic nitrogens is 4. The van der Waals surface area contributed by atoms with Gasteiger partial charge in [0, 0.05) is 11.9 Å². The first-order chi connectivity index (χ1) is 11.5. The predicted molar refractivity (Wildman–Crippen MR) is 86.2 cm³/mol. The Morgan fingerprint density at radius 2 is 2.17 bits per heavy atom. The summed E-state index contributed by atoms with van der Waals surface area (Å²) in [6.45, 7) is 1.78. The topological polar surface area (TPSA) is 72.6 Å². The third-order valence-electron chi connectivity index (χ3n) is 3.76. The molecule has 122 valence electrons. The summed E-state index contributed by atoms with van der Waals surface area (Å²) in [6.07, 6.45) is 2.69. The summed E-state index contributed by atoms with van der Waals surface area (Å²) in [5.74, 6) is -0.139. The van der Waals surface area contributed by atoms with E-state index in [9.17, 15) is 9.18 Å². The summed E-state index contributed by atoms with van der Waals surface area (Å²) >= 11 is 3.35. The molecule has 1 fully saturated rings. The van der Waals surface area contributed by atoms with Crippen molar-refractivity contribution in [3.63, 3.8) is 0 Å². The van der Waals surface area contributed by atoms with Crippen LogP contribution in [0.1, 0.15) is 17.4 Å². The maximum atomic E-state index is 14.2. The van der Waals surface area contributed by atoms with Crippen LogP contribution in [0.25, 0.3) is 5.65 Å². The lowest BCUT2D eigenvalue weighted by Crippen LogP contribution is -2.29. The highest BCUT2D eigenvalue weighted by molar-refractivity contribution is 9.10. The molecule has 0 aromatic carbocycles. The maximum Gasteiger partial charge on any atom is 0.416 e. The Hall–Kier alpha value is -2.55. The summed E-state index contributed by atoms with van der Waals surface area (Å²) in [6, 6.07) is 3.87. The van der Waals surface area contributed by atoms with Gasteiger partial charge in [0.05, 0.1) is 10.7 Å². The minimum absolute atomic E-state index is 0.0134. The quantitative estimate of drug-likeness (QED) is 0.671. The molecule has 1 amide bonds. The third-order valence-corrected chi connectivity index (χ3v) is 4.32. The fraction of sp³-hybridized carbons (Fsp3) is 0.200. The predicted octanol–water partition coefficient (Wildman–Crippen LogP) is 3.03. The van der Waals surface area contributed by atoms with Gasteiger partial charge in [-0.2, -0.15) is 5.10 Å². The van der Waals surface area contributed by atoms with Crippen LogP contribution in [-0.2, 0) is 4.74 Å². The Labute approximate surface area is 144 Å². The largest absolute Gasteiger partial charge is 0.446 e. The summed E-state index contributed by atoms with van der Waals surface area (Å²) in [7, 11) is 0. The Balaban J connectivity index is 1.82. The Morgan fingerprint density at radius 3 is 3.00 bits per heavy atom. The fourth-order valence-electron chi connectivity index (χ4n) is 2.64. The van der Waals surface area contributed by atoms with Crippen molar-refractivity contribution in [2.24, 2.45) is 0 Å². The van der Waals surface area contributed by atoms with Gasteiger partial charge in [-0.3, -0.25) is 4.98 Å². The van der Waals surface area contributed by atoms with Gasteiger partial charge >= 0.3 is 6.09 Å². The van der Waals surface area contributed by atoms with E-state index in [-0.39, 0.29) is 12.3 Å². The smallest absolute Gasteiger partial charge is 0.416 e. The molecule has 1 atom stereocenters. The maximum absolute atomic E-state index is 14.2. The molecular weight excluding hydrogens is 381 g/mol. The Morgan fingerprint density at radius 1 is 1.33 bits per heavy atom. The fourth-order valence-corrected chi connectivity index (χ4v) is 3.00. The number of anilines is 1. The zero-order valence-electron chi connectivity index (χ0n) is 12.5. The number of hydrogen-bond donors (Lipinski definition) is 0. The SMILES string of the molecule is Cc1ccc(F)c([C@H]2COC(=O)N2c2ccn3ncc(Br)c3n2)n1. The van der Waals surface area contributed by atoms with Crippen LogP contribution in [0, 0.1) is 12.7 Å². The van der Waals surface area contributed by atoms with Gasteiger partial charge in [0.25, 0.3) is 0 Å².